The zero-order valence-electron chi connectivity index (χ0n) is 7.42. The third-order valence-electron chi connectivity index (χ3n) is 2.30. The highest BCUT2D eigenvalue weighted by atomic mass is 32.2. The lowest BCUT2D eigenvalue weighted by Crippen LogP contribution is -2.20. The van der Waals surface area contributed by atoms with E-state index in [0.717, 1.165) is 19.3 Å². The van der Waals surface area contributed by atoms with Crippen LogP contribution in [0.1, 0.15) is 25.7 Å². The summed E-state index contributed by atoms with van der Waals surface area (Å²) in [7, 11) is 0. The van der Waals surface area contributed by atoms with Crippen molar-refractivity contribution in [3.63, 3.8) is 0 Å². The summed E-state index contributed by atoms with van der Waals surface area (Å²) in [6.07, 6.45) is 3.75. The van der Waals surface area contributed by atoms with E-state index in [-0.39, 0.29) is 0 Å². The normalized spacial score (nSPS) is 19.4. The summed E-state index contributed by atoms with van der Waals surface area (Å²) in [5, 5.41) is 0. The van der Waals surface area contributed by atoms with Gasteiger partial charge in [0.1, 0.15) is 5.78 Å². The molecule has 70 valence electrons. The third-order valence-corrected chi connectivity index (χ3v) is 3.35. The molecule has 1 heterocycles. The van der Waals surface area contributed by atoms with Gasteiger partial charge in [0.2, 0.25) is 0 Å². The van der Waals surface area contributed by atoms with E-state index in [0.29, 0.717) is 24.7 Å². The van der Waals surface area contributed by atoms with Crippen LogP contribution in [0.25, 0.3) is 0 Å². The highest BCUT2D eigenvalue weighted by molar-refractivity contribution is 7.99. The van der Waals surface area contributed by atoms with E-state index in [1.807, 2.05) is 11.8 Å². The SMILES string of the molecule is NCCCC(=O)C1CCSCC1. The Balaban J connectivity index is 2.20. The molecule has 0 aromatic rings. The first-order chi connectivity index (χ1) is 5.84. The van der Waals surface area contributed by atoms with E-state index < -0.39 is 0 Å². The molecule has 0 unspecified atom stereocenters. The van der Waals surface area contributed by atoms with Gasteiger partial charge in [0.25, 0.3) is 0 Å². The average Bonchev–Trinajstić information content (AvgIpc) is 2.15. The van der Waals surface area contributed by atoms with Gasteiger partial charge in [0.05, 0.1) is 0 Å². The summed E-state index contributed by atoms with van der Waals surface area (Å²) in [6.45, 7) is 0.646. The third kappa shape index (κ3) is 3.15. The number of hydrogen-bond donors (Lipinski definition) is 1. The van der Waals surface area contributed by atoms with E-state index in [9.17, 15) is 4.79 Å². The Hall–Kier alpha value is -0.0200. The first-order valence-electron chi connectivity index (χ1n) is 4.65. The van der Waals surface area contributed by atoms with Gasteiger partial charge in [-0.05, 0) is 37.3 Å². The van der Waals surface area contributed by atoms with Crippen molar-refractivity contribution < 1.29 is 4.79 Å². The van der Waals surface area contributed by atoms with Crippen LogP contribution < -0.4 is 5.73 Å². The predicted octanol–water partition coefficient (Wildman–Crippen LogP) is 1.44. The largest absolute Gasteiger partial charge is 0.330 e. The number of hydrogen-bond acceptors (Lipinski definition) is 3. The van der Waals surface area contributed by atoms with Crippen molar-refractivity contribution in [3.8, 4) is 0 Å². The summed E-state index contributed by atoms with van der Waals surface area (Å²) in [6, 6.07) is 0. The summed E-state index contributed by atoms with van der Waals surface area (Å²) < 4.78 is 0. The molecule has 1 aliphatic heterocycles. The van der Waals surface area contributed by atoms with Gasteiger partial charge in [0.15, 0.2) is 0 Å². The Morgan fingerprint density at radius 3 is 2.67 bits per heavy atom. The van der Waals surface area contributed by atoms with Crippen LogP contribution in [-0.4, -0.2) is 23.8 Å². The molecule has 0 atom stereocenters. The monoisotopic (exact) mass is 187 g/mol. The van der Waals surface area contributed by atoms with Crippen molar-refractivity contribution in [1.82, 2.24) is 0 Å². The minimum absolute atomic E-state index is 0.359. The molecule has 3 heteroatoms. The van der Waals surface area contributed by atoms with Crippen molar-refractivity contribution in [3.05, 3.63) is 0 Å². The molecule has 0 amide bonds. The van der Waals surface area contributed by atoms with Gasteiger partial charge < -0.3 is 5.73 Å². The summed E-state index contributed by atoms with van der Waals surface area (Å²) in [5.41, 5.74) is 5.35. The van der Waals surface area contributed by atoms with Gasteiger partial charge >= 0.3 is 0 Å². The smallest absolute Gasteiger partial charge is 0.136 e. The Bertz CT molecular complexity index is 143. The quantitative estimate of drug-likeness (QED) is 0.724. The topological polar surface area (TPSA) is 43.1 Å². The number of thioether (sulfide) groups is 1. The molecular weight excluding hydrogens is 170 g/mol. The van der Waals surface area contributed by atoms with Crippen LogP contribution in [-0.2, 0) is 4.79 Å². The molecule has 1 fully saturated rings. The lowest BCUT2D eigenvalue weighted by atomic mass is 9.95. The highest BCUT2D eigenvalue weighted by Crippen LogP contribution is 2.24. The standard InChI is InChI=1S/C9H17NOS/c10-5-1-2-9(11)8-3-6-12-7-4-8/h8H,1-7,10H2. The lowest BCUT2D eigenvalue weighted by molar-refractivity contribution is -0.123. The molecular formula is C9H17NOS. The fraction of sp³-hybridized carbons (Fsp3) is 0.889. The summed E-state index contributed by atoms with van der Waals surface area (Å²) >= 11 is 1.96. The zero-order chi connectivity index (χ0) is 8.81. The van der Waals surface area contributed by atoms with Crippen LogP contribution in [0.4, 0.5) is 0 Å². The van der Waals surface area contributed by atoms with Gasteiger partial charge in [-0.1, -0.05) is 0 Å². The maximum absolute atomic E-state index is 11.5. The molecule has 0 spiro atoms. The Kier molecular flexibility index (Phi) is 4.69. The number of carbonyl (C=O) groups is 1. The fourth-order valence-corrected chi connectivity index (χ4v) is 2.61. The van der Waals surface area contributed by atoms with Crippen molar-refractivity contribution in [2.45, 2.75) is 25.7 Å². The molecule has 0 bridgehead atoms. The Morgan fingerprint density at radius 1 is 1.42 bits per heavy atom. The second kappa shape index (κ2) is 5.60. The van der Waals surface area contributed by atoms with Gasteiger partial charge in [-0.3, -0.25) is 4.79 Å². The van der Waals surface area contributed by atoms with Gasteiger partial charge in [-0.15, -0.1) is 0 Å². The lowest BCUT2D eigenvalue weighted by Gasteiger charge is -2.19. The molecule has 2 nitrogen and oxygen atoms in total. The Morgan fingerprint density at radius 2 is 2.08 bits per heavy atom. The highest BCUT2D eigenvalue weighted by Gasteiger charge is 2.20. The van der Waals surface area contributed by atoms with Crippen LogP contribution in [0.2, 0.25) is 0 Å². The van der Waals surface area contributed by atoms with Gasteiger partial charge in [0, 0.05) is 12.3 Å². The maximum Gasteiger partial charge on any atom is 0.136 e. The first-order valence-corrected chi connectivity index (χ1v) is 5.80. The minimum Gasteiger partial charge on any atom is -0.330 e. The van der Waals surface area contributed by atoms with E-state index in [1.54, 1.807) is 0 Å². The van der Waals surface area contributed by atoms with Gasteiger partial charge in [-0.2, -0.15) is 11.8 Å². The predicted molar refractivity (Wildman–Crippen MR) is 53.3 cm³/mol. The second-order valence-corrected chi connectivity index (χ2v) is 4.47. The van der Waals surface area contributed by atoms with Crippen LogP contribution in [0, 0.1) is 5.92 Å². The van der Waals surface area contributed by atoms with E-state index >= 15 is 0 Å². The van der Waals surface area contributed by atoms with Crippen molar-refractivity contribution in [1.29, 1.82) is 0 Å². The molecule has 0 aromatic heterocycles. The van der Waals surface area contributed by atoms with Crippen molar-refractivity contribution >= 4 is 17.5 Å². The Labute approximate surface area is 78.3 Å². The summed E-state index contributed by atoms with van der Waals surface area (Å²) in [5.74, 6) is 3.14. The van der Waals surface area contributed by atoms with E-state index in [1.165, 1.54) is 11.5 Å². The molecule has 0 radical (unpaired) electrons. The van der Waals surface area contributed by atoms with Gasteiger partial charge in [-0.25, -0.2) is 0 Å². The number of ketones is 1. The van der Waals surface area contributed by atoms with Crippen molar-refractivity contribution in [2.75, 3.05) is 18.1 Å². The van der Waals surface area contributed by atoms with Crippen LogP contribution >= 0.6 is 11.8 Å². The molecule has 1 rings (SSSR count). The van der Waals surface area contributed by atoms with Crippen LogP contribution in [0.15, 0.2) is 0 Å². The second-order valence-electron chi connectivity index (χ2n) is 3.25. The molecule has 1 aliphatic rings. The molecule has 12 heavy (non-hydrogen) atoms. The fourth-order valence-electron chi connectivity index (χ4n) is 1.50. The number of Topliss-reactive ketones (excluding diaryl/α,β-unsaturated/α-hetero) is 1. The number of carbonyl (C=O) groups excluding carboxylic acids is 1. The number of rotatable bonds is 4. The molecule has 0 aromatic carbocycles. The maximum atomic E-state index is 11.5. The van der Waals surface area contributed by atoms with E-state index in [4.69, 9.17) is 5.73 Å². The molecule has 0 saturated carbocycles. The first kappa shape index (κ1) is 10.1. The minimum atomic E-state index is 0.359. The zero-order valence-corrected chi connectivity index (χ0v) is 8.24. The summed E-state index contributed by atoms with van der Waals surface area (Å²) in [4.78, 5) is 11.5. The van der Waals surface area contributed by atoms with Crippen molar-refractivity contribution in [2.24, 2.45) is 11.7 Å². The molecule has 2 N–H and O–H groups in total. The molecule has 0 aliphatic carbocycles. The van der Waals surface area contributed by atoms with Crippen LogP contribution in [0.3, 0.4) is 0 Å². The number of nitrogens with two attached hydrogens (primary N) is 1. The average molecular weight is 187 g/mol. The van der Waals surface area contributed by atoms with E-state index in [2.05, 4.69) is 0 Å². The van der Waals surface area contributed by atoms with Crippen LogP contribution in [0.5, 0.6) is 0 Å². The molecule has 1 saturated heterocycles.